The third-order valence-electron chi connectivity index (χ3n) is 6.92. The number of nitrogens with one attached hydrogen (secondary N) is 1. The highest BCUT2D eigenvalue weighted by molar-refractivity contribution is 7.14. The van der Waals surface area contributed by atoms with Crippen LogP contribution in [0, 0.1) is 5.92 Å². The highest BCUT2D eigenvalue weighted by atomic mass is 32.1. The van der Waals surface area contributed by atoms with Crippen LogP contribution in [0.25, 0.3) is 22.5 Å². The largest absolute Gasteiger partial charge is 0.497 e. The van der Waals surface area contributed by atoms with Crippen LogP contribution in [0.4, 0.5) is 0 Å². The lowest BCUT2D eigenvalue weighted by Crippen LogP contribution is -2.42. The van der Waals surface area contributed by atoms with Gasteiger partial charge in [-0.25, -0.2) is 9.97 Å². The van der Waals surface area contributed by atoms with Crippen molar-refractivity contribution in [3.63, 3.8) is 0 Å². The zero-order valence-corrected chi connectivity index (χ0v) is 25.2. The molecular formula is C33H35N3O5S. The molecule has 2 aromatic heterocycles. The molecule has 8 nitrogen and oxygen atoms in total. The first-order valence-electron chi connectivity index (χ1n) is 13.7. The molecule has 4 rings (SSSR count). The first-order chi connectivity index (χ1) is 19.9. The number of hydrogen-bond donors (Lipinski definition) is 2. The number of aliphatic carboxylic acids is 1. The lowest BCUT2D eigenvalue weighted by molar-refractivity contribution is -0.141. The van der Waals surface area contributed by atoms with Crippen LogP contribution in [0.2, 0.25) is 0 Å². The topological polar surface area (TPSA) is 118 Å². The van der Waals surface area contributed by atoms with Gasteiger partial charge < -0.3 is 15.2 Å². The summed E-state index contributed by atoms with van der Waals surface area (Å²) in [6, 6.07) is 17.9. The summed E-state index contributed by atoms with van der Waals surface area (Å²) >= 11 is 1.43. The highest BCUT2D eigenvalue weighted by Gasteiger charge is 2.27. The Morgan fingerprint density at radius 1 is 0.905 bits per heavy atom. The minimum Gasteiger partial charge on any atom is -0.497 e. The number of carboxylic acids is 1. The molecule has 0 spiro atoms. The van der Waals surface area contributed by atoms with Gasteiger partial charge in [0.05, 0.1) is 12.0 Å². The number of carboxylic acid groups (broad SMARTS) is 1. The lowest BCUT2D eigenvalue weighted by Gasteiger charge is -2.18. The number of amides is 1. The first-order valence-corrected chi connectivity index (χ1v) is 14.5. The maximum absolute atomic E-state index is 13.2. The molecule has 0 saturated carbocycles. The fourth-order valence-corrected chi connectivity index (χ4v) is 5.36. The number of ether oxygens (including phenoxy) is 1. The van der Waals surface area contributed by atoms with Gasteiger partial charge in [-0.1, -0.05) is 57.2 Å². The van der Waals surface area contributed by atoms with Crippen LogP contribution < -0.4 is 10.1 Å². The Balaban J connectivity index is 1.49. The summed E-state index contributed by atoms with van der Waals surface area (Å²) in [5.41, 5.74) is 3.42. The van der Waals surface area contributed by atoms with E-state index in [0.717, 1.165) is 32.9 Å². The number of Topliss-reactive ketones (excluding diaryl/α,β-unsaturated/α-hetero) is 1. The van der Waals surface area contributed by atoms with Gasteiger partial charge in [0.2, 0.25) is 5.91 Å². The van der Waals surface area contributed by atoms with Gasteiger partial charge in [-0.05, 0) is 54.2 Å². The normalized spacial score (nSPS) is 12.8. The Kier molecular flexibility index (Phi) is 9.52. The molecule has 0 bridgehead atoms. The van der Waals surface area contributed by atoms with E-state index in [2.05, 4.69) is 36.1 Å². The molecule has 1 amide bonds. The van der Waals surface area contributed by atoms with Crippen LogP contribution in [0.15, 0.2) is 73.1 Å². The lowest BCUT2D eigenvalue weighted by atomic mass is 9.92. The Bertz CT molecular complexity index is 1540. The van der Waals surface area contributed by atoms with E-state index in [1.807, 2.05) is 54.6 Å². The molecule has 0 radical (unpaired) electrons. The maximum Gasteiger partial charge on any atom is 0.325 e. The number of rotatable bonds is 11. The van der Waals surface area contributed by atoms with Crippen LogP contribution >= 0.6 is 11.3 Å². The molecule has 2 heterocycles. The summed E-state index contributed by atoms with van der Waals surface area (Å²) < 4.78 is 5.21. The molecule has 2 N–H and O–H groups in total. The molecule has 0 aliphatic rings. The second kappa shape index (κ2) is 13.1. The average Bonchev–Trinajstić information content (AvgIpc) is 3.49. The van der Waals surface area contributed by atoms with Crippen LogP contribution in [-0.4, -0.2) is 45.9 Å². The summed E-state index contributed by atoms with van der Waals surface area (Å²) in [5.74, 6) is -1.13. The molecule has 2 atom stereocenters. The smallest absolute Gasteiger partial charge is 0.325 e. The van der Waals surface area contributed by atoms with Gasteiger partial charge in [0.25, 0.3) is 0 Å². The van der Waals surface area contributed by atoms with Crippen molar-refractivity contribution in [1.29, 1.82) is 0 Å². The van der Waals surface area contributed by atoms with E-state index in [9.17, 15) is 19.5 Å². The molecular weight excluding hydrogens is 550 g/mol. The van der Waals surface area contributed by atoms with Crippen molar-refractivity contribution < 1.29 is 24.2 Å². The van der Waals surface area contributed by atoms with Gasteiger partial charge in [0.15, 0.2) is 11.6 Å². The molecule has 0 saturated heterocycles. The molecule has 218 valence electrons. The van der Waals surface area contributed by atoms with Gasteiger partial charge in [-0.15, -0.1) is 11.3 Å². The molecule has 0 fully saturated rings. The zero-order chi connectivity index (χ0) is 30.4. The number of carbonyl (C=O) groups is 3. The van der Waals surface area contributed by atoms with Gasteiger partial charge in [-0.3, -0.25) is 14.4 Å². The van der Waals surface area contributed by atoms with Crippen molar-refractivity contribution in [1.82, 2.24) is 15.3 Å². The van der Waals surface area contributed by atoms with E-state index in [1.165, 1.54) is 18.3 Å². The minimum absolute atomic E-state index is 0.0278. The Hall–Kier alpha value is -4.37. The number of thiophene rings is 1. The van der Waals surface area contributed by atoms with E-state index < -0.39 is 23.8 Å². The predicted molar refractivity (Wildman–Crippen MR) is 164 cm³/mol. The second-order valence-electron chi connectivity index (χ2n) is 11.2. The van der Waals surface area contributed by atoms with Crippen molar-refractivity contribution in [2.24, 2.45) is 5.92 Å². The molecule has 0 unspecified atom stereocenters. The minimum atomic E-state index is -1.14. The summed E-state index contributed by atoms with van der Waals surface area (Å²) in [5, 5.41) is 11.8. The maximum atomic E-state index is 13.2. The quantitative estimate of drug-likeness (QED) is 0.201. The Morgan fingerprint density at radius 2 is 1.52 bits per heavy atom. The third-order valence-corrected chi connectivity index (χ3v) is 8.47. The van der Waals surface area contributed by atoms with Crippen molar-refractivity contribution in [2.75, 3.05) is 7.11 Å². The van der Waals surface area contributed by atoms with Crippen LogP contribution in [0.1, 0.15) is 54.2 Å². The summed E-state index contributed by atoms with van der Waals surface area (Å²) in [4.78, 5) is 48.4. The molecule has 2 aromatic carbocycles. The molecule has 9 heteroatoms. The highest BCUT2D eigenvalue weighted by Crippen LogP contribution is 2.31. The van der Waals surface area contributed by atoms with Crippen LogP contribution in [-0.2, 0) is 21.4 Å². The number of carbonyl (C=O) groups excluding carboxylic acids is 2. The van der Waals surface area contributed by atoms with Crippen LogP contribution in [0.5, 0.6) is 5.75 Å². The fourth-order valence-electron chi connectivity index (χ4n) is 4.35. The number of ketones is 1. The Labute approximate surface area is 249 Å². The molecule has 0 aliphatic heterocycles. The van der Waals surface area contributed by atoms with Gasteiger partial charge >= 0.3 is 5.97 Å². The summed E-state index contributed by atoms with van der Waals surface area (Å²) in [7, 11) is 1.63. The predicted octanol–water partition coefficient (Wildman–Crippen LogP) is 6.20. The average molecular weight is 586 g/mol. The molecule has 0 aliphatic carbocycles. The van der Waals surface area contributed by atoms with E-state index in [1.54, 1.807) is 25.6 Å². The molecule has 4 aromatic rings. The Morgan fingerprint density at radius 3 is 2.07 bits per heavy atom. The van der Waals surface area contributed by atoms with Crippen molar-refractivity contribution in [3.05, 3.63) is 88.4 Å². The van der Waals surface area contributed by atoms with Crippen LogP contribution in [0.3, 0.4) is 0 Å². The van der Waals surface area contributed by atoms with Gasteiger partial charge in [0, 0.05) is 40.7 Å². The third kappa shape index (κ3) is 7.67. The van der Waals surface area contributed by atoms with E-state index in [4.69, 9.17) is 4.74 Å². The number of benzene rings is 2. The SMILES string of the molecule is COc1ccc(-c2cnc(-c3ccc(C[C@H](CC(=O)c4ccc(C(C)(C)C)s4)C(=O)N[C@H](C)C(=O)O)cc3)nc2)cc1. The molecule has 42 heavy (non-hydrogen) atoms. The van der Waals surface area contributed by atoms with E-state index in [0.29, 0.717) is 10.7 Å². The summed E-state index contributed by atoms with van der Waals surface area (Å²) in [6.07, 6.45) is 3.78. The standard InChI is InChI=1S/C33H35N3O5S/c1-20(32(39)40)36-31(38)24(17-27(37)28-14-15-29(42-28)33(2,3)4)16-21-6-8-23(9-7-21)30-34-18-25(19-35-30)22-10-12-26(41-5)13-11-22/h6-15,18-20,24H,16-17H2,1-5H3,(H,36,38)(H,39,40)/t20-,24-/m1/s1. The number of nitrogens with zero attached hydrogens (tertiary/aromatic N) is 2. The van der Waals surface area contributed by atoms with Gasteiger partial charge in [0.1, 0.15) is 11.8 Å². The van der Waals surface area contributed by atoms with Crippen molar-refractivity contribution in [3.8, 4) is 28.3 Å². The van der Waals surface area contributed by atoms with E-state index in [-0.39, 0.29) is 24.0 Å². The monoisotopic (exact) mass is 585 g/mol. The first kappa shape index (κ1) is 30.6. The summed E-state index contributed by atoms with van der Waals surface area (Å²) in [6.45, 7) is 7.66. The number of hydrogen-bond acceptors (Lipinski definition) is 7. The fraction of sp³-hybridized carbons (Fsp3) is 0.303. The van der Waals surface area contributed by atoms with Crippen molar-refractivity contribution >= 4 is 29.0 Å². The van der Waals surface area contributed by atoms with E-state index >= 15 is 0 Å². The second-order valence-corrected chi connectivity index (χ2v) is 12.3. The number of aromatic nitrogens is 2. The zero-order valence-electron chi connectivity index (χ0n) is 24.4. The van der Waals surface area contributed by atoms with Gasteiger partial charge in [-0.2, -0.15) is 0 Å². The number of methoxy groups -OCH3 is 1. The van der Waals surface area contributed by atoms with Crippen molar-refractivity contribution in [2.45, 2.75) is 52.0 Å².